The number of nitrogens with one attached hydrogen (secondary N) is 2. The molecule has 0 bridgehead atoms. The number of fused-ring (bicyclic) bond motifs is 1. The Labute approximate surface area is 299 Å². The number of alkyl halides is 6. The Morgan fingerprint density at radius 3 is 2.06 bits per heavy atom. The quantitative estimate of drug-likeness (QED) is 0.402. The van der Waals surface area contributed by atoms with E-state index in [1.807, 2.05) is 24.3 Å². The molecule has 4 heterocycles. The fraction of sp³-hybridized carbons (Fsp3) is 0.583. The first-order chi connectivity index (χ1) is 24.7. The van der Waals surface area contributed by atoms with E-state index in [-0.39, 0.29) is 36.8 Å². The molecular weight excluding hydrogens is 692 g/mol. The zero-order valence-electron chi connectivity index (χ0n) is 29.1. The van der Waals surface area contributed by atoms with Crippen molar-refractivity contribution in [1.82, 2.24) is 29.8 Å². The molecule has 5 amide bonds. The van der Waals surface area contributed by atoms with Gasteiger partial charge in [0.25, 0.3) is 0 Å². The molecule has 0 unspecified atom stereocenters. The number of amides is 5. The normalized spacial score (nSPS) is 21.0. The number of rotatable bonds is 6. The zero-order chi connectivity index (χ0) is 37.2. The number of halogens is 6. The maximum atomic E-state index is 14.0. The highest BCUT2D eigenvalue weighted by atomic mass is 19.4. The van der Waals surface area contributed by atoms with Gasteiger partial charge in [0.05, 0.1) is 11.1 Å². The maximum absolute atomic E-state index is 14.0. The lowest BCUT2D eigenvalue weighted by Crippen LogP contribution is -2.58. The van der Waals surface area contributed by atoms with Gasteiger partial charge in [-0.05, 0) is 68.5 Å². The van der Waals surface area contributed by atoms with Gasteiger partial charge in [-0.2, -0.15) is 26.3 Å². The maximum Gasteiger partial charge on any atom is 0.417 e. The Balaban J connectivity index is 1.14. The summed E-state index contributed by atoms with van der Waals surface area (Å²) in [6.45, 7) is 5.52. The summed E-state index contributed by atoms with van der Waals surface area (Å²) in [6.07, 6.45) is -7.93. The molecule has 0 spiro atoms. The van der Waals surface area contributed by atoms with Gasteiger partial charge in [0, 0.05) is 83.1 Å². The van der Waals surface area contributed by atoms with Crippen LogP contribution in [0.2, 0.25) is 0 Å². The average Bonchev–Trinajstić information content (AvgIpc) is 3.28. The van der Waals surface area contributed by atoms with Crippen LogP contribution in [-0.2, 0) is 30.0 Å². The molecule has 1 atom stereocenters. The summed E-state index contributed by atoms with van der Waals surface area (Å²) in [5, 5.41) is 5.68. The van der Waals surface area contributed by atoms with Crippen molar-refractivity contribution in [2.45, 2.75) is 69.0 Å². The summed E-state index contributed by atoms with van der Waals surface area (Å²) in [6, 6.07) is 7.34. The molecule has 3 fully saturated rings. The van der Waals surface area contributed by atoms with E-state index in [0.717, 1.165) is 43.5 Å². The molecule has 0 aromatic heterocycles. The molecule has 0 saturated carbocycles. The molecule has 16 heteroatoms. The lowest BCUT2D eigenvalue weighted by molar-refractivity contribution is -0.162. The second-order valence-corrected chi connectivity index (χ2v) is 14.2. The Bertz CT molecular complexity index is 1600. The van der Waals surface area contributed by atoms with Crippen LogP contribution in [0, 0.1) is 0 Å². The first kappa shape index (κ1) is 37.7. The number of anilines is 1. The van der Waals surface area contributed by atoms with Crippen molar-refractivity contribution in [1.29, 1.82) is 0 Å². The van der Waals surface area contributed by atoms with Crippen LogP contribution in [0.5, 0.6) is 0 Å². The SMILES string of the molecule is CN1CCN(C2CCN(C(=O)[C@@H](Cc3ccc(C(F)(F)F)c(C(F)(F)F)c3)NC(=O)N3CCC(N4CCc5ccccc5NC4=O)CC3)CC2)CC1. The highest BCUT2D eigenvalue weighted by Crippen LogP contribution is 2.41. The number of piperidine rings is 2. The zero-order valence-corrected chi connectivity index (χ0v) is 29.1. The van der Waals surface area contributed by atoms with Gasteiger partial charge in [0.1, 0.15) is 6.04 Å². The Hall–Kier alpha value is -4.05. The third kappa shape index (κ3) is 8.76. The topological polar surface area (TPSA) is 91.5 Å². The van der Waals surface area contributed by atoms with Crippen molar-refractivity contribution >= 4 is 23.7 Å². The lowest BCUT2D eigenvalue weighted by Gasteiger charge is -2.42. The molecule has 4 aliphatic rings. The van der Waals surface area contributed by atoms with Gasteiger partial charge in [-0.1, -0.05) is 24.3 Å². The molecule has 2 N–H and O–H groups in total. The first-order valence-corrected chi connectivity index (χ1v) is 17.9. The minimum absolute atomic E-state index is 0.134. The summed E-state index contributed by atoms with van der Waals surface area (Å²) in [5.74, 6) is -0.491. The van der Waals surface area contributed by atoms with E-state index in [4.69, 9.17) is 0 Å². The predicted molar refractivity (Wildman–Crippen MR) is 182 cm³/mol. The van der Waals surface area contributed by atoms with E-state index in [2.05, 4.69) is 27.5 Å². The van der Waals surface area contributed by atoms with Crippen molar-refractivity contribution in [3.8, 4) is 0 Å². The largest absolute Gasteiger partial charge is 0.417 e. The van der Waals surface area contributed by atoms with Gasteiger partial charge in [0.15, 0.2) is 0 Å². The minimum atomic E-state index is -5.29. The van der Waals surface area contributed by atoms with Gasteiger partial charge >= 0.3 is 24.4 Å². The third-order valence-corrected chi connectivity index (χ3v) is 10.9. The number of likely N-dealkylation sites (tertiary alicyclic amines) is 2. The summed E-state index contributed by atoms with van der Waals surface area (Å²) < 4.78 is 81.9. The third-order valence-electron chi connectivity index (χ3n) is 10.9. The molecular formula is C36H45F6N7O3. The number of carbonyl (C=O) groups is 3. The van der Waals surface area contributed by atoms with E-state index in [0.29, 0.717) is 63.9 Å². The van der Waals surface area contributed by atoms with Gasteiger partial charge in [-0.25, -0.2) is 9.59 Å². The molecule has 284 valence electrons. The number of benzene rings is 2. The van der Waals surface area contributed by atoms with E-state index >= 15 is 0 Å². The second kappa shape index (κ2) is 15.5. The van der Waals surface area contributed by atoms with E-state index < -0.39 is 47.9 Å². The molecule has 4 aliphatic heterocycles. The van der Waals surface area contributed by atoms with Crippen LogP contribution in [0.4, 0.5) is 41.6 Å². The fourth-order valence-corrected chi connectivity index (χ4v) is 7.85. The predicted octanol–water partition coefficient (Wildman–Crippen LogP) is 5.14. The number of urea groups is 2. The molecule has 3 saturated heterocycles. The smallest absolute Gasteiger partial charge is 0.341 e. The van der Waals surface area contributed by atoms with Crippen molar-refractivity contribution in [2.24, 2.45) is 0 Å². The number of hydrogen-bond acceptors (Lipinski definition) is 5. The molecule has 2 aromatic carbocycles. The van der Waals surface area contributed by atoms with Gasteiger partial charge in [0.2, 0.25) is 5.91 Å². The monoisotopic (exact) mass is 737 g/mol. The number of carbonyl (C=O) groups excluding carboxylic acids is 3. The Morgan fingerprint density at radius 2 is 1.40 bits per heavy atom. The lowest BCUT2D eigenvalue weighted by atomic mass is 9.97. The van der Waals surface area contributed by atoms with Gasteiger partial charge < -0.3 is 30.2 Å². The molecule has 2 aromatic rings. The van der Waals surface area contributed by atoms with Gasteiger partial charge in [-0.15, -0.1) is 0 Å². The molecule has 0 aliphatic carbocycles. The Morgan fingerprint density at radius 1 is 0.788 bits per heavy atom. The van der Waals surface area contributed by atoms with Crippen molar-refractivity contribution in [3.05, 3.63) is 64.7 Å². The van der Waals surface area contributed by atoms with Crippen molar-refractivity contribution in [2.75, 3.05) is 71.3 Å². The summed E-state index contributed by atoms with van der Waals surface area (Å²) in [5.41, 5.74) is -2.01. The molecule has 0 radical (unpaired) electrons. The molecule has 10 nitrogen and oxygen atoms in total. The number of nitrogens with zero attached hydrogens (tertiary/aromatic N) is 5. The highest BCUT2D eigenvalue weighted by molar-refractivity contribution is 5.91. The van der Waals surface area contributed by atoms with Crippen LogP contribution in [-0.4, -0.2) is 127 Å². The summed E-state index contributed by atoms with van der Waals surface area (Å²) >= 11 is 0. The fourth-order valence-electron chi connectivity index (χ4n) is 7.85. The highest BCUT2D eigenvalue weighted by Gasteiger charge is 2.43. The summed E-state index contributed by atoms with van der Waals surface area (Å²) in [4.78, 5) is 50.2. The Kier molecular flexibility index (Phi) is 11.2. The van der Waals surface area contributed by atoms with E-state index in [9.17, 15) is 40.7 Å². The van der Waals surface area contributed by atoms with Gasteiger partial charge in [-0.3, -0.25) is 9.69 Å². The van der Waals surface area contributed by atoms with Crippen LogP contribution in [0.3, 0.4) is 0 Å². The van der Waals surface area contributed by atoms with Crippen LogP contribution in [0.1, 0.15) is 47.9 Å². The number of para-hydroxylation sites is 1. The minimum Gasteiger partial charge on any atom is -0.341 e. The molecule has 6 rings (SSSR count). The van der Waals surface area contributed by atoms with E-state index in [1.54, 1.807) is 9.80 Å². The van der Waals surface area contributed by atoms with Crippen LogP contribution >= 0.6 is 0 Å². The van der Waals surface area contributed by atoms with Crippen LogP contribution in [0.25, 0.3) is 0 Å². The standard InChI is InChI=1S/C36H45F6N7O3/c1-45-18-20-46(21-19-45)26-9-13-47(14-10-26)32(50)31(23-24-6-7-28(35(37,38)39)29(22-24)36(40,41)42)44-33(51)48-15-11-27(12-16-48)49-17-8-25-4-2-3-5-30(25)43-34(49)52/h2-7,22,26-27,31H,8-21,23H2,1H3,(H,43,52)(H,44,51)/t31-/m1/s1. The summed E-state index contributed by atoms with van der Waals surface area (Å²) in [7, 11) is 2.07. The molecule has 52 heavy (non-hydrogen) atoms. The number of hydrogen-bond donors (Lipinski definition) is 2. The number of likely N-dealkylation sites (N-methyl/N-ethyl adjacent to an activating group) is 1. The number of piperazine rings is 1. The van der Waals surface area contributed by atoms with Crippen LogP contribution < -0.4 is 10.6 Å². The van der Waals surface area contributed by atoms with Crippen LogP contribution in [0.15, 0.2) is 42.5 Å². The first-order valence-electron chi connectivity index (χ1n) is 17.9. The van der Waals surface area contributed by atoms with E-state index in [1.165, 1.54) is 4.90 Å². The second-order valence-electron chi connectivity index (χ2n) is 14.2. The van der Waals surface area contributed by atoms with Crippen molar-refractivity contribution < 1.29 is 40.7 Å². The van der Waals surface area contributed by atoms with Crippen molar-refractivity contribution in [3.63, 3.8) is 0 Å². The average molecular weight is 738 g/mol.